The second-order valence-corrected chi connectivity index (χ2v) is 0.654. The zero-order valence-electron chi connectivity index (χ0n) is 3.30. The van der Waals surface area contributed by atoms with Gasteiger partial charge in [0.25, 0.3) is 6.19 Å². The first-order chi connectivity index (χ1) is 3.31. The van der Waals surface area contributed by atoms with E-state index in [0.717, 1.165) is 0 Å². The minimum Gasteiger partial charge on any atom is -0.328 e. The van der Waals surface area contributed by atoms with E-state index in [1.807, 2.05) is 0 Å². The van der Waals surface area contributed by atoms with Crippen LogP contribution >= 0.6 is 0 Å². The molecule has 34 valence electrons. The van der Waals surface area contributed by atoms with Gasteiger partial charge in [-0.25, -0.2) is 5.32 Å². The molecule has 0 radical (unpaired) electrons. The normalized spacial score (nSPS) is 5.43. The van der Waals surface area contributed by atoms with Gasteiger partial charge in [-0.1, -0.05) is 6.57 Å². The molecule has 0 aromatic rings. The topological polar surface area (TPSA) is 57.2 Å². The molecule has 0 saturated carbocycles. The lowest BCUT2D eigenvalue weighted by molar-refractivity contribution is 0.258. The zero-order valence-corrected chi connectivity index (χ0v) is 3.30. The van der Waals surface area contributed by atoms with Gasteiger partial charge >= 0.3 is 6.03 Å². The summed E-state index contributed by atoms with van der Waals surface area (Å²) in [5.74, 6) is 0. The number of nitrogens with one attached hydrogen (secondary N) is 1. The van der Waals surface area contributed by atoms with Crippen LogP contribution in [0.5, 0.6) is 0 Å². The summed E-state index contributed by atoms with van der Waals surface area (Å²) < 4.78 is 0. The molecule has 0 aliphatic heterocycles. The van der Waals surface area contributed by atoms with Gasteiger partial charge in [-0.05, 0) is 0 Å². The van der Waals surface area contributed by atoms with Gasteiger partial charge in [0.15, 0.2) is 0 Å². The molecule has 0 unspecified atom stereocenters. The third kappa shape index (κ3) is 2.24. The highest BCUT2D eigenvalue weighted by Crippen LogP contribution is 1.64. The molecule has 0 heterocycles. The van der Waals surface area contributed by atoms with E-state index >= 15 is 0 Å². The van der Waals surface area contributed by atoms with E-state index in [2.05, 4.69) is 4.85 Å². The Morgan fingerprint density at radius 1 is 2.00 bits per heavy atom. The van der Waals surface area contributed by atoms with Gasteiger partial charge in [0.1, 0.15) is 0 Å². The standard InChI is InChI=1S/C3HN3O/c1-5-3(7)6-2-4/h(H,6,7). The number of carbonyl (C=O) groups is 1. The average molecular weight is 95.1 g/mol. The van der Waals surface area contributed by atoms with Crippen LogP contribution in [0.1, 0.15) is 0 Å². The van der Waals surface area contributed by atoms with Crippen molar-refractivity contribution in [3.63, 3.8) is 0 Å². The first-order valence-electron chi connectivity index (χ1n) is 1.37. The highest BCUT2D eigenvalue weighted by Gasteiger charge is 1.89. The minimum absolute atomic E-state index is 0.942. The van der Waals surface area contributed by atoms with Crippen LogP contribution in [0.2, 0.25) is 0 Å². The van der Waals surface area contributed by atoms with E-state index in [-0.39, 0.29) is 0 Å². The molecular weight excluding hydrogens is 94.1 g/mol. The van der Waals surface area contributed by atoms with Crippen LogP contribution in [0.15, 0.2) is 0 Å². The Bertz CT molecular complexity index is 149. The quantitative estimate of drug-likeness (QED) is 0.263. The Morgan fingerprint density at radius 3 is 2.71 bits per heavy atom. The molecule has 0 rings (SSSR count). The van der Waals surface area contributed by atoms with Crippen molar-refractivity contribution < 1.29 is 4.79 Å². The molecule has 0 fully saturated rings. The summed E-state index contributed by atoms with van der Waals surface area (Å²) in [4.78, 5) is 12.1. The maximum absolute atomic E-state index is 9.72. The highest BCUT2D eigenvalue weighted by molar-refractivity contribution is 5.84. The largest absolute Gasteiger partial charge is 0.450 e. The number of urea groups is 1. The van der Waals surface area contributed by atoms with Crippen LogP contribution in [-0.4, -0.2) is 6.03 Å². The number of nitrogens with zero attached hydrogens (tertiary/aromatic N) is 2. The third-order valence-corrected chi connectivity index (χ3v) is 0.264. The van der Waals surface area contributed by atoms with Crippen LogP contribution in [0, 0.1) is 18.0 Å². The first-order valence-corrected chi connectivity index (χ1v) is 1.37. The van der Waals surface area contributed by atoms with Crippen LogP contribution in [-0.2, 0) is 0 Å². The molecule has 0 saturated heterocycles. The maximum Gasteiger partial charge on any atom is 0.450 e. The predicted molar refractivity (Wildman–Crippen MR) is 20.7 cm³/mol. The molecule has 0 aromatic carbocycles. The predicted octanol–water partition coefficient (Wildman–Crippen LogP) is 0.0964. The molecule has 0 aliphatic rings. The summed E-state index contributed by atoms with van der Waals surface area (Å²) in [6.07, 6.45) is 1.31. The summed E-state index contributed by atoms with van der Waals surface area (Å²) in [5, 5.41) is 9.25. The lowest BCUT2D eigenvalue weighted by atomic mass is 11.0. The molecule has 0 spiro atoms. The third-order valence-electron chi connectivity index (χ3n) is 0.264. The van der Waals surface area contributed by atoms with Gasteiger partial charge in [-0.15, -0.1) is 5.26 Å². The second-order valence-electron chi connectivity index (χ2n) is 0.654. The Hall–Kier alpha value is -1.55. The number of carbonyl (C=O) groups excluding carboxylic acids is 1. The maximum atomic E-state index is 9.72. The fraction of sp³-hybridized carbons (Fsp3) is 0. The second kappa shape index (κ2) is 2.67. The molecule has 0 aliphatic carbocycles. The van der Waals surface area contributed by atoms with Crippen LogP contribution < -0.4 is 5.32 Å². The van der Waals surface area contributed by atoms with Crippen molar-refractivity contribution in [2.75, 3.05) is 0 Å². The molecule has 2 amide bonds. The van der Waals surface area contributed by atoms with Crippen LogP contribution in [0.25, 0.3) is 4.85 Å². The number of amides is 2. The lowest BCUT2D eigenvalue weighted by Crippen LogP contribution is -2.09. The molecule has 0 bridgehead atoms. The van der Waals surface area contributed by atoms with Crippen molar-refractivity contribution in [2.24, 2.45) is 0 Å². The van der Waals surface area contributed by atoms with E-state index in [1.165, 1.54) is 6.19 Å². The van der Waals surface area contributed by atoms with Crippen molar-refractivity contribution >= 4 is 6.03 Å². The summed E-state index contributed by atoms with van der Waals surface area (Å²) in [7, 11) is 0. The van der Waals surface area contributed by atoms with E-state index in [0.29, 0.717) is 0 Å². The molecule has 1 N–H and O–H groups in total. The van der Waals surface area contributed by atoms with Crippen LogP contribution in [0.4, 0.5) is 4.79 Å². The van der Waals surface area contributed by atoms with Gasteiger partial charge < -0.3 is 4.85 Å². The van der Waals surface area contributed by atoms with Crippen LogP contribution in [0.3, 0.4) is 0 Å². The first kappa shape index (κ1) is 5.45. The van der Waals surface area contributed by atoms with Gasteiger partial charge in [0, 0.05) is 0 Å². The van der Waals surface area contributed by atoms with Gasteiger partial charge in [0.2, 0.25) is 0 Å². The van der Waals surface area contributed by atoms with E-state index in [4.69, 9.17) is 11.8 Å². The van der Waals surface area contributed by atoms with Crippen molar-refractivity contribution in [1.82, 2.24) is 5.32 Å². The van der Waals surface area contributed by atoms with E-state index < -0.39 is 6.03 Å². The van der Waals surface area contributed by atoms with Gasteiger partial charge in [0.05, 0.1) is 0 Å². The lowest BCUT2D eigenvalue weighted by Gasteiger charge is -1.74. The number of hydrogen-bond acceptors (Lipinski definition) is 2. The SMILES string of the molecule is [C-]#[N+]C(=O)NC#N. The van der Waals surface area contributed by atoms with Crippen molar-refractivity contribution in [1.29, 1.82) is 5.26 Å². The van der Waals surface area contributed by atoms with Gasteiger partial charge in [-0.3, -0.25) is 4.79 Å². The molecule has 0 aromatic heterocycles. The Balaban J connectivity index is 3.50. The fourth-order valence-electron chi connectivity index (χ4n) is 0.0758. The Kier molecular flexibility index (Phi) is 2.08. The number of hydrogen-bond donors (Lipinski definition) is 1. The summed E-state index contributed by atoms with van der Waals surface area (Å²) in [6, 6.07) is -0.942. The summed E-state index contributed by atoms with van der Waals surface area (Å²) in [6.45, 7) is 5.97. The fourth-order valence-corrected chi connectivity index (χ4v) is 0.0758. The molecule has 4 heteroatoms. The zero-order chi connectivity index (χ0) is 5.70. The number of rotatable bonds is 0. The Labute approximate surface area is 40.2 Å². The molecule has 7 heavy (non-hydrogen) atoms. The monoisotopic (exact) mass is 95.0 g/mol. The average Bonchev–Trinajstić information content (AvgIpc) is 1.68. The van der Waals surface area contributed by atoms with Crippen molar-refractivity contribution in [2.45, 2.75) is 0 Å². The number of nitriles is 1. The van der Waals surface area contributed by atoms with E-state index in [1.54, 1.807) is 5.32 Å². The highest BCUT2D eigenvalue weighted by atomic mass is 16.2. The smallest absolute Gasteiger partial charge is 0.328 e. The summed E-state index contributed by atoms with van der Waals surface area (Å²) >= 11 is 0. The van der Waals surface area contributed by atoms with Gasteiger partial charge in [-0.2, -0.15) is 0 Å². The van der Waals surface area contributed by atoms with E-state index in [9.17, 15) is 4.79 Å². The molecule has 0 atom stereocenters. The molecule has 4 nitrogen and oxygen atoms in total. The van der Waals surface area contributed by atoms with Crippen molar-refractivity contribution in [3.05, 3.63) is 11.4 Å². The Morgan fingerprint density at radius 2 is 2.57 bits per heavy atom. The van der Waals surface area contributed by atoms with Crippen molar-refractivity contribution in [3.8, 4) is 6.19 Å². The minimum atomic E-state index is -0.942. The summed E-state index contributed by atoms with van der Waals surface area (Å²) in [5.41, 5.74) is 0. The molecular formula is C3HN3O.